The van der Waals surface area contributed by atoms with Gasteiger partial charge in [-0.05, 0) is 22.6 Å². The Kier molecular flexibility index (Phi) is 6.73. The Morgan fingerprint density at radius 1 is 0.722 bits per heavy atom. The molecule has 0 fully saturated rings. The van der Waals surface area contributed by atoms with Crippen LogP contribution in [0.15, 0.2) is 24.3 Å². The highest BCUT2D eigenvalue weighted by atomic mass is 16.2. The lowest BCUT2D eigenvalue weighted by Gasteiger charge is -1.96. The van der Waals surface area contributed by atoms with Gasteiger partial charge in [0.2, 0.25) is 11.6 Å². The van der Waals surface area contributed by atoms with Gasteiger partial charge in [-0.3, -0.25) is 19.4 Å². The van der Waals surface area contributed by atoms with Crippen LogP contribution in [0.25, 0.3) is 44.1 Å². The largest absolute Gasteiger partial charge is 0.373 e. The first-order valence-corrected chi connectivity index (χ1v) is 4.44. The molecule has 0 amide bonds. The summed E-state index contributed by atoms with van der Waals surface area (Å²) in [4.78, 5) is 24.8. The van der Waals surface area contributed by atoms with Gasteiger partial charge in [0.15, 0.2) is 0 Å². The van der Waals surface area contributed by atoms with Crippen molar-refractivity contribution >= 4 is 23.7 Å². The number of carbonyl (C=O) groups excluding carboxylic acids is 2. The molecule has 1 aromatic rings. The van der Waals surface area contributed by atoms with Crippen LogP contribution in [0.5, 0.6) is 0 Å². The Labute approximate surface area is 101 Å². The van der Waals surface area contributed by atoms with E-state index in [2.05, 4.69) is 0 Å². The monoisotopic (exact) mass is 242 g/mol. The predicted molar refractivity (Wildman–Crippen MR) is 64.8 cm³/mol. The van der Waals surface area contributed by atoms with Gasteiger partial charge in [-0.25, -0.2) is 0 Å². The lowest BCUT2D eigenvalue weighted by atomic mass is 10.1. The molecule has 90 valence electrons. The molecule has 2 rings (SSSR count). The molecule has 1 aliphatic rings. The highest BCUT2D eigenvalue weighted by molar-refractivity contribution is 6.57. The molecule has 0 spiro atoms. The third-order valence-electron chi connectivity index (χ3n) is 1.81. The van der Waals surface area contributed by atoms with Crippen LogP contribution in [0.1, 0.15) is 0 Å². The number of carbonyl (C=O) groups is 2. The van der Waals surface area contributed by atoms with Crippen molar-refractivity contribution in [2.45, 2.75) is 0 Å². The highest BCUT2D eigenvalue weighted by Gasteiger charge is 2.10. The summed E-state index contributed by atoms with van der Waals surface area (Å²) in [7, 11) is 0. The van der Waals surface area contributed by atoms with Gasteiger partial charge in [0, 0.05) is 0 Å². The quantitative estimate of drug-likeness (QED) is 0.290. The van der Waals surface area contributed by atoms with Crippen LogP contribution >= 0.6 is 0 Å². The average molecular weight is 242 g/mol. The number of nitrogens with zero attached hydrogens (tertiary/aromatic N) is 6. The van der Waals surface area contributed by atoms with E-state index >= 15 is 0 Å². The lowest BCUT2D eigenvalue weighted by Crippen LogP contribution is -2.32. The van der Waals surface area contributed by atoms with Gasteiger partial charge in [-0.1, -0.05) is 24.3 Å². The van der Waals surface area contributed by atoms with Crippen LogP contribution in [0.2, 0.25) is 0 Å². The molecule has 8 nitrogen and oxygen atoms in total. The zero-order valence-electron chi connectivity index (χ0n) is 8.96. The number of Topliss-reactive ketones (excluding diaryl/α,β-unsaturated/α-hetero) is 2. The zero-order valence-corrected chi connectivity index (χ0v) is 8.96. The molecule has 0 aliphatic heterocycles. The summed E-state index contributed by atoms with van der Waals surface area (Å²) in [5.74, 6) is -0.873. The molecule has 0 radical (unpaired) electrons. The summed E-state index contributed by atoms with van der Waals surface area (Å²) in [6, 6.07) is 7.31. The van der Waals surface area contributed by atoms with E-state index in [1.165, 1.54) is 22.0 Å². The molecule has 1 aliphatic carbocycles. The fraction of sp³-hybridized carbons (Fsp3) is 0. The van der Waals surface area contributed by atoms with Gasteiger partial charge < -0.3 is 22.1 Å². The van der Waals surface area contributed by atoms with Crippen molar-refractivity contribution in [1.29, 1.82) is 0 Å². The Morgan fingerprint density at radius 2 is 1.00 bits per heavy atom. The van der Waals surface area contributed by atoms with Crippen molar-refractivity contribution < 1.29 is 9.59 Å². The number of fused-ring (bicyclic) bond motifs is 1. The number of hydrogen-bond acceptors (Lipinski definition) is 2. The van der Waals surface area contributed by atoms with Crippen molar-refractivity contribution in [1.82, 2.24) is 0 Å². The van der Waals surface area contributed by atoms with E-state index in [4.69, 9.17) is 22.1 Å². The number of hydrogen-bond donors (Lipinski definition) is 0. The van der Waals surface area contributed by atoms with Gasteiger partial charge >= 0.3 is 0 Å². The predicted octanol–water partition coefficient (Wildman–Crippen LogP) is 1.13. The first-order valence-electron chi connectivity index (χ1n) is 4.44. The van der Waals surface area contributed by atoms with Gasteiger partial charge in [0.05, 0.1) is 0 Å². The second-order valence-electron chi connectivity index (χ2n) is 2.82. The van der Waals surface area contributed by atoms with Crippen molar-refractivity contribution in [3.63, 3.8) is 0 Å². The smallest absolute Gasteiger partial charge is 0.226 e. The highest BCUT2D eigenvalue weighted by Crippen LogP contribution is 1.86. The summed E-state index contributed by atoms with van der Waals surface area (Å²) in [5, 5.41) is 1.64. The molecule has 0 bridgehead atoms. The van der Waals surface area contributed by atoms with Crippen LogP contribution < -0.4 is 10.4 Å². The molecule has 8 heteroatoms. The minimum absolute atomic E-state index is 0.436. The number of benzene rings is 1. The minimum atomic E-state index is -0.436. The zero-order chi connectivity index (χ0) is 14.0. The summed E-state index contributed by atoms with van der Waals surface area (Å²) in [6.45, 7) is 0. The Bertz CT molecular complexity index is 580. The summed E-state index contributed by atoms with van der Waals surface area (Å²) < 4.78 is 0. The molecule has 0 saturated carbocycles. The normalized spacial score (nSPS) is 10.7. The molecule has 0 saturated heterocycles. The first-order chi connectivity index (χ1) is 8.60. The van der Waals surface area contributed by atoms with E-state index in [9.17, 15) is 9.59 Å². The fourth-order valence-corrected chi connectivity index (χ4v) is 1.20. The molecule has 0 heterocycles. The summed E-state index contributed by atoms with van der Waals surface area (Å²) in [6.07, 6.45) is 2.75. The van der Waals surface area contributed by atoms with Crippen LogP contribution in [0.4, 0.5) is 0 Å². The van der Waals surface area contributed by atoms with E-state index < -0.39 is 11.6 Å². The Hall–Kier alpha value is -3.08. The maximum atomic E-state index is 10.9. The maximum absolute atomic E-state index is 10.9. The van der Waals surface area contributed by atoms with E-state index in [1.807, 2.05) is 24.3 Å². The molecular weight excluding hydrogens is 236 g/mol. The molecule has 0 atom stereocenters. The number of ketones is 2. The number of rotatable bonds is 0. The average Bonchev–Trinajstić information content (AvgIpc) is 2.33. The van der Waals surface area contributed by atoms with E-state index in [-0.39, 0.29) is 0 Å². The lowest BCUT2D eigenvalue weighted by molar-refractivity contribution is -0.129. The van der Waals surface area contributed by atoms with Gasteiger partial charge in [0.25, 0.3) is 0 Å². The second kappa shape index (κ2) is 8.12. The van der Waals surface area contributed by atoms with E-state index in [0.717, 1.165) is 10.4 Å². The van der Waals surface area contributed by atoms with E-state index in [1.54, 1.807) is 0 Å². The van der Waals surface area contributed by atoms with Crippen molar-refractivity contribution in [2.24, 2.45) is 0 Å². The molecule has 0 aromatic heterocycles. The van der Waals surface area contributed by atoms with Crippen LogP contribution in [-0.4, -0.2) is 11.6 Å². The molecular formula is C10H6N6O2-2. The summed E-state index contributed by atoms with van der Waals surface area (Å²) in [5.41, 5.74) is 27.0. The van der Waals surface area contributed by atoms with Crippen LogP contribution in [0.3, 0.4) is 0 Å². The van der Waals surface area contributed by atoms with Gasteiger partial charge in [-0.2, -0.15) is 0 Å². The van der Waals surface area contributed by atoms with Crippen molar-refractivity contribution in [2.75, 3.05) is 0 Å². The van der Waals surface area contributed by atoms with Crippen molar-refractivity contribution in [3.8, 4) is 0 Å². The fourth-order valence-electron chi connectivity index (χ4n) is 1.20. The van der Waals surface area contributed by atoms with Gasteiger partial charge in [-0.15, -0.1) is 0 Å². The summed E-state index contributed by atoms with van der Waals surface area (Å²) >= 11 is 0. The first kappa shape index (κ1) is 14.9. The van der Waals surface area contributed by atoms with Gasteiger partial charge in [0.1, 0.15) is 0 Å². The third-order valence-corrected chi connectivity index (χ3v) is 1.81. The van der Waals surface area contributed by atoms with Crippen LogP contribution in [-0.2, 0) is 9.59 Å². The molecule has 0 unspecified atom stereocenters. The third kappa shape index (κ3) is 4.63. The Balaban J connectivity index is 0.000000414. The SMILES string of the molecule is O=C1C=c2ccccc2=CC1=O.[N-]=[N+]=[N-].[N-]=[N+]=[N-]. The topological polar surface area (TPSA) is 152 Å². The second-order valence-corrected chi connectivity index (χ2v) is 2.82. The van der Waals surface area contributed by atoms with E-state index in [0.29, 0.717) is 0 Å². The maximum Gasteiger partial charge on any atom is 0.226 e. The minimum Gasteiger partial charge on any atom is -0.373 e. The van der Waals surface area contributed by atoms with Crippen LogP contribution in [0, 0.1) is 0 Å². The molecule has 0 N–H and O–H groups in total. The molecule has 18 heavy (non-hydrogen) atoms. The van der Waals surface area contributed by atoms with Crippen molar-refractivity contribution in [3.05, 3.63) is 66.7 Å². The molecule has 1 aromatic carbocycles. The Morgan fingerprint density at radius 3 is 1.28 bits per heavy atom. The standard InChI is InChI=1S/C10H6O2.2N3/c11-9-5-7-3-1-2-4-8(7)6-10(9)12;2*1-3-2/h1-6H;;/q;2*-1.